The minimum atomic E-state index is -0.182. The number of nitrogens with zero attached hydrogens (tertiary/aromatic N) is 2. The number of hydrogen-bond donors (Lipinski definition) is 2. The van der Waals surface area contributed by atoms with Gasteiger partial charge in [-0.25, -0.2) is 4.98 Å². The first kappa shape index (κ1) is 15.4. The first-order valence-electron chi connectivity index (χ1n) is 6.73. The van der Waals surface area contributed by atoms with E-state index in [1.807, 2.05) is 32.0 Å². The molecule has 0 aliphatic heterocycles. The van der Waals surface area contributed by atoms with E-state index in [9.17, 15) is 4.79 Å². The molecule has 6 heteroatoms. The largest absolute Gasteiger partial charge is 0.370 e. The fourth-order valence-corrected chi connectivity index (χ4v) is 2.23. The van der Waals surface area contributed by atoms with Gasteiger partial charge in [0.1, 0.15) is 5.82 Å². The van der Waals surface area contributed by atoms with E-state index in [2.05, 4.69) is 36.5 Å². The van der Waals surface area contributed by atoms with Crippen molar-refractivity contribution < 1.29 is 4.79 Å². The summed E-state index contributed by atoms with van der Waals surface area (Å²) >= 11 is 3.34. The second-order valence-electron chi connectivity index (χ2n) is 4.53. The zero-order valence-corrected chi connectivity index (χ0v) is 13.5. The monoisotopic (exact) mass is 348 g/mol. The molecule has 2 rings (SSSR count). The highest BCUT2D eigenvalue weighted by Gasteiger charge is 2.16. The SMILES string of the molecule is CCNc1ncc(Br)cc1C(=O)NC(C)c1ccccn1. The molecule has 1 atom stereocenters. The molecule has 21 heavy (non-hydrogen) atoms. The lowest BCUT2D eigenvalue weighted by molar-refractivity contribution is 0.0939. The maximum absolute atomic E-state index is 12.4. The van der Waals surface area contributed by atoms with Crippen LogP contribution in [-0.2, 0) is 0 Å². The van der Waals surface area contributed by atoms with Gasteiger partial charge >= 0.3 is 0 Å². The maximum atomic E-state index is 12.4. The second kappa shape index (κ2) is 7.17. The predicted molar refractivity (Wildman–Crippen MR) is 86.2 cm³/mol. The minimum Gasteiger partial charge on any atom is -0.370 e. The molecule has 2 heterocycles. The Morgan fingerprint density at radius 3 is 2.86 bits per heavy atom. The Kier molecular flexibility index (Phi) is 5.27. The highest BCUT2D eigenvalue weighted by molar-refractivity contribution is 9.10. The van der Waals surface area contributed by atoms with Crippen molar-refractivity contribution in [1.82, 2.24) is 15.3 Å². The van der Waals surface area contributed by atoms with E-state index in [0.717, 1.165) is 10.2 Å². The van der Waals surface area contributed by atoms with Crippen molar-refractivity contribution in [3.63, 3.8) is 0 Å². The maximum Gasteiger partial charge on any atom is 0.255 e. The van der Waals surface area contributed by atoms with Crippen molar-refractivity contribution in [2.24, 2.45) is 0 Å². The van der Waals surface area contributed by atoms with Crippen LogP contribution in [0.1, 0.15) is 35.9 Å². The highest BCUT2D eigenvalue weighted by atomic mass is 79.9. The zero-order chi connectivity index (χ0) is 15.2. The van der Waals surface area contributed by atoms with Crippen molar-refractivity contribution in [3.05, 3.63) is 52.4 Å². The summed E-state index contributed by atoms with van der Waals surface area (Å²) in [7, 11) is 0. The van der Waals surface area contributed by atoms with Crippen LogP contribution >= 0.6 is 15.9 Å². The van der Waals surface area contributed by atoms with Crippen molar-refractivity contribution >= 4 is 27.7 Å². The lowest BCUT2D eigenvalue weighted by atomic mass is 10.2. The van der Waals surface area contributed by atoms with Gasteiger partial charge in [0.05, 0.1) is 17.3 Å². The molecular weight excluding hydrogens is 332 g/mol. The molecule has 0 fully saturated rings. The Bertz CT molecular complexity index is 618. The predicted octanol–water partition coefficient (Wildman–Crippen LogP) is 3.16. The van der Waals surface area contributed by atoms with Crippen LogP contribution in [-0.4, -0.2) is 22.4 Å². The number of hydrogen-bond acceptors (Lipinski definition) is 4. The molecule has 2 aromatic rings. The van der Waals surface area contributed by atoms with Crippen LogP contribution in [0.3, 0.4) is 0 Å². The van der Waals surface area contributed by atoms with Gasteiger partial charge in [-0.3, -0.25) is 9.78 Å². The summed E-state index contributed by atoms with van der Waals surface area (Å²) in [5, 5.41) is 6.03. The van der Waals surface area contributed by atoms with Crippen LogP contribution in [0, 0.1) is 0 Å². The van der Waals surface area contributed by atoms with E-state index in [0.29, 0.717) is 17.9 Å². The molecule has 0 saturated carbocycles. The fraction of sp³-hybridized carbons (Fsp3) is 0.267. The summed E-state index contributed by atoms with van der Waals surface area (Å²) in [6.45, 7) is 4.56. The number of nitrogens with one attached hydrogen (secondary N) is 2. The lowest BCUT2D eigenvalue weighted by Crippen LogP contribution is -2.28. The number of aromatic nitrogens is 2. The van der Waals surface area contributed by atoms with Crippen molar-refractivity contribution in [2.75, 3.05) is 11.9 Å². The summed E-state index contributed by atoms with van der Waals surface area (Å²) < 4.78 is 0.764. The van der Waals surface area contributed by atoms with Crippen LogP contribution in [0.2, 0.25) is 0 Å². The molecule has 1 amide bonds. The Morgan fingerprint density at radius 2 is 2.19 bits per heavy atom. The molecular formula is C15H17BrN4O. The third kappa shape index (κ3) is 4.01. The molecule has 0 aliphatic rings. The van der Waals surface area contributed by atoms with E-state index in [-0.39, 0.29) is 11.9 Å². The average Bonchev–Trinajstić information content (AvgIpc) is 2.50. The summed E-state index contributed by atoms with van der Waals surface area (Å²) in [5.74, 6) is 0.393. The van der Waals surface area contributed by atoms with Crippen LogP contribution in [0.5, 0.6) is 0 Å². The molecule has 0 radical (unpaired) electrons. The lowest BCUT2D eigenvalue weighted by Gasteiger charge is -2.15. The Balaban J connectivity index is 2.18. The number of carbonyl (C=O) groups is 1. The molecule has 0 bridgehead atoms. The summed E-state index contributed by atoms with van der Waals surface area (Å²) in [4.78, 5) is 20.9. The van der Waals surface area contributed by atoms with Gasteiger partial charge in [-0.2, -0.15) is 0 Å². The van der Waals surface area contributed by atoms with Gasteiger partial charge in [0.2, 0.25) is 0 Å². The molecule has 0 aliphatic carbocycles. The Hall–Kier alpha value is -1.95. The van der Waals surface area contributed by atoms with Crippen LogP contribution < -0.4 is 10.6 Å². The number of anilines is 1. The highest BCUT2D eigenvalue weighted by Crippen LogP contribution is 2.19. The molecule has 2 aromatic heterocycles. The number of halogens is 1. The summed E-state index contributed by atoms with van der Waals surface area (Å²) in [6.07, 6.45) is 3.37. The van der Waals surface area contributed by atoms with E-state index >= 15 is 0 Å². The summed E-state index contributed by atoms with van der Waals surface area (Å²) in [5.41, 5.74) is 1.33. The normalized spacial score (nSPS) is 11.8. The Morgan fingerprint density at radius 1 is 1.38 bits per heavy atom. The topological polar surface area (TPSA) is 66.9 Å². The van der Waals surface area contributed by atoms with Crippen LogP contribution in [0.4, 0.5) is 5.82 Å². The van der Waals surface area contributed by atoms with Gasteiger partial charge in [0, 0.05) is 23.4 Å². The fourth-order valence-electron chi connectivity index (χ4n) is 1.90. The molecule has 5 nitrogen and oxygen atoms in total. The number of carbonyl (C=O) groups excluding carboxylic acids is 1. The van der Waals surface area contributed by atoms with E-state index in [4.69, 9.17) is 0 Å². The van der Waals surface area contributed by atoms with Crippen molar-refractivity contribution in [2.45, 2.75) is 19.9 Å². The van der Waals surface area contributed by atoms with Gasteiger partial charge in [-0.15, -0.1) is 0 Å². The van der Waals surface area contributed by atoms with Crippen LogP contribution in [0.25, 0.3) is 0 Å². The standard InChI is InChI=1S/C15H17BrN4O/c1-3-17-14-12(8-11(16)9-19-14)15(21)20-10(2)13-6-4-5-7-18-13/h4-10H,3H2,1-2H3,(H,17,19)(H,20,21). The smallest absolute Gasteiger partial charge is 0.255 e. The molecule has 110 valence electrons. The number of amides is 1. The first-order valence-corrected chi connectivity index (χ1v) is 7.52. The van der Waals surface area contributed by atoms with E-state index in [1.54, 1.807) is 18.5 Å². The van der Waals surface area contributed by atoms with E-state index in [1.165, 1.54) is 0 Å². The number of rotatable bonds is 5. The van der Waals surface area contributed by atoms with Crippen molar-refractivity contribution in [1.29, 1.82) is 0 Å². The van der Waals surface area contributed by atoms with E-state index < -0.39 is 0 Å². The average molecular weight is 349 g/mol. The van der Waals surface area contributed by atoms with Crippen molar-refractivity contribution in [3.8, 4) is 0 Å². The molecule has 0 spiro atoms. The van der Waals surface area contributed by atoms with Gasteiger partial charge < -0.3 is 10.6 Å². The molecule has 0 saturated heterocycles. The minimum absolute atomic E-state index is 0.174. The van der Waals surface area contributed by atoms with Crippen LogP contribution in [0.15, 0.2) is 41.1 Å². The quantitative estimate of drug-likeness (QED) is 0.870. The third-order valence-electron chi connectivity index (χ3n) is 2.92. The summed E-state index contributed by atoms with van der Waals surface area (Å²) in [6, 6.07) is 7.21. The first-order chi connectivity index (χ1) is 10.1. The van der Waals surface area contributed by atoms with Gasteiger partial charge in [0.25, 0.3) is 5.91 Å². The van der Waals surface area contributed by atoms with Gasteiger partial charge in [-0.05, 0) is 48.0 Å². The molecule has 2 N–H and O–H groups in total. The van der Waals surface area contributed by atoms with Gasteiger partial charge in [-0.1, -0.05) is 6.07 Å². The number of pyridine rings is 2. The Labute approximate surface area is 132 Å². The molecule has 0 aromatic carbocycles. The zero-order valence-electron chi connectivity index (χ0n) is 11.9. The molecule has 1 unspecified atom stereocenters. The van der Waals surface area contributed by atoms with Gasteiger partial charge in [0.15, 0.2) is 0 Å². The third-order valence-corrected chi connectivity index (χ3v) is 3.36. The second-order valence-corrected chi connectivity index (χ2v) is 5.45.